The molecule has 0 fully saturated rings. The van der Waals surface area contributed by atoms with E-state index in [-0.39, 0.29) is 0 Å². The predicted molar refractivity (Wildman–Crippen MR) is 81.4 cm³/mol. The minimum Gasteiger partial charge on any atom is -0.461 e. The van der Waals surface area contributed by atoms with Crippen LogP contribution >= 0.6 is 0 Å². The summed E-state index contributed by atoms with van der Waals surface area (Å²) in [6, 6.07) is 19.0. The number of hydrogen-bond donors (Lipinski definition) is 0. The fraction of sp³-hybridized carbons (Fsp3) is 0.158. The van der Waals surface area contributed by atoms with Crippen LogP contribution < -0.4 is 4.74 Å². The Labute approximate surface area is 119 Å². The molecule has 1 nitrogen and oxygen atoms in total. The highest BCUT2D eigenvalue weighted by Crippen LogP contribution is 2.40. The molecule has 1 unspecified atom stereocenters. The van der Waals surface area contributed by atoms with Gasteiger partial charge < -0.3 is 4.74 Å². The molecule has 98 valence electrons. The first-order chi connectivity index (χ1) is 9.90. The van der Waals surface area contributed by atoms with E-state index >= 15 is 0 Å². The van der Waals surface area contributed by atoms with E-state index in [0.29, 0.717) is 5.92 Å². The number of rotatable bonds is 1. The second-order valence-electron chi connectivity index (χ2n) is 5.44. The van der Waals surface area contributed by atoms with Gasteiger partial charge in [0.25, 0.3) is 0 Å². The summed E-state index contributed by atoms with van der Waals surface area (Å²) >= 11 is 0. The van der Waals surface area contributed by atoms with Crippen LogP contribution in [0, 0.1) is 5.92 Å². The zero-order valence-electron chi connectivity index (χ0n) is 11.3. The summed E-state index contributed by atoms with van der Waals surface area (Å²) in [5.41, 5.74) is 4.05. The summed E-state index contributed by atoms with van der Waals surface area (Å²) in [4.78, 5) is 0. The van der Waals surface area contributed by atoms with Gasteiger partial charge in [-0.15, -0.1) is 0 Å². The van der Waals surface area contributed by atoms with Gasteiger partial charge in [-0.25, -0.2) is 0 Å². The Morgan fingerprint density at radius 1 is 0.800 bits per heavy atom. The third kappa shape index (κ3) is 1.96. The second kappa shape index (κ2) is 4.68. The molecule has 1 aliphatic heterocycles. The van der Waals surface area contributed by atoms with Gasteiger partial charge in [0.15, 0.2) is 0 Å². The third-order valence-corrected chi connectivity index (χ3v) is 4.13. The molecule has 1 heteroatoms. The normalized spacial score (nSPS) is 20.1. The molecule has 0 radical (unpaired) electrons. The summed E-state index contributed by atoms with van der Waals surface area (Å²) in [6.07, 6.45) is 6.48. The Kier molecular flexibility index (Phi) is 2.70. The number of benzene rings is 2. The maximum absolute atomic E-state index is 6.04. The molecule has 0 saturated heterocycles. The molecule has 2 aliphatic rings. The molecular weight excluding hydrogens is 244 g/mol. The van der Waals surface area contributed by atoms with Gasteiger partial charge in [-0.05, 0) is 41.7 Å². The summed E-state index contributed by atoms with van der Waals surface area (Å²) in [7, 11) is 0. The maximum atomic E-state index is 6.04. The van der Waals surface area contributed by atoms with E-state index in [4.69, 9.17) is 4.74 Å². The number of hydrogen-bond acceptors (Lipinski definition) is 1. The van der Waals surface area contributed by atoms with Gasteiger partial charge in [-0.3, -0.25) is 0 Å². The van der Waals surface area contributed by atoms with Crippen LogP contribution in [0.5, 0.6) is 5.75 Å². The van der Waals surface area contributed by atoms with Crippen molar-refractivity contribution >= 4 is 5.57 Å². The van der Waals surface area contributed by atoms with E-state index in [1.54, 1.807) is 0 Å². The summed E-state index contributed by atoms with van der Waals surface area (Å²) in [6.45, 7) is 0. The van der Waals surface area contributed by atoms with Crippen molar-refractivity contribution in [3.63, 3.8) is 0 Å². The van der Waals surface area contributed by atoms with E-state index in [1.807, 2.05) is 6.07 Å². The molecule has 2 aromatic carbocycles. The van der Waals surface area contributed by atoms with Crippen molar-refractivity contribution in [1.29, 1.82) is 0 Å². The molecule has 0 N–H and O–H groups in total. The molecule has 0 spiro atoms. The Hall–Kier alpha value is -2.28. The van der Waals surface area contributed by atoms with E-state index in [0.717, 1.165) is 24.4 Å². The van der Waals surface area contributed by atoms with Gasteiger partial charge in [0.05, 0.1) is 0 Å². The van der Waals surface area contributed by atoms with E-state index in [2.05, 4.69) is 60.7 Å². The largest absolute Gasteiger partial charge is 0.461 e. The number of ether oxygens (including phenoxy) is 1. The number of fused-ring (bicyclic) bond motifs is 2. The smallest absolute Gasteiger partial charge is 0.130 e. The zero-order valence-corrected chi connectivity index (χ0v) is 11.3. The van der Waals surface area contributed by atoms with Crippen LogP contribution in [0.25, 0.3) is 5.57 Å². The minimum absolute atomic E-state index is 0.477. The quantitative estimate of drug-likeness (QED) is 0.727. The highest BCUT2D eigenvalue weighted by atomic mass is 16.5. The molecule has 20 heavy (non-hydrogen) atoms. The van der Waals surface area contributed by atoms with Crippen molar-refractivity contribution in [3.8, 4) is 5.75 Å². The van der Waals surface area contributed by atoms with Crippen molar-refractivity contribution in [3.05, 3.63) is 83.6 Å². The van der Waals surface area contributed by atoms with Gasteiger partial charge in [0, 0.05) is 5.92 Å². The lowest BCUT2D eigenvalue weighted by atomic mass is 9.83. The predicted octanol–water partition coefficient (Wildman–Crippen LogP) is 4.61. The highest BCUT2D eigenvalue weighted by molar-refractivity contribution is 5.69. The molecule has 4 rings (SSSR count). The Morgan fingerprint density at radius 2 is 1.60 bits per heavy atom. The van der Waals surface area contributed by atoms with E-state index in [1.165, 1.54) is 16.7 Å². The molecule has 1 atom stereocenters. The van der Waals surface area contributed by atoms with E-state index in [9.17, 15) is 0 Å². The van der Waals surface area contributed by atoms with Crippen LogP contribution in [0.1, 0.15) is 17.5 Å². The zero-order chi connectivity index (χ0) is 13.4. The standard InChI is InChI=1S/C19H16O/c1-2-6-14(7-3-1)15-10-11-19-17(12-15)13-16-8-4-5-9-18(16)20-19/h1-11,17H,12-13H2. The first-order valence-electron chi connectivity index (χ1n) is 7.12. The van der Waals surface area contributed by atoms with Gasteiger partial charge in [0.1, 0.15) is 11.5 Å². The minimum atomic E-state index is 0.477. The van der Waals surface area contributed by atoms with Crippen LogP contribution in [0.2, 0.25) is 0 Å². The lowest BCUT2D eigenvalue weighted by Gasteiger charge is -2.30. The van der Waals surface area contributed by atoms with Crippen molar-refractivity contribution in [2.75, 3.05) is 0 Å². The first kappa shape index (κ1) is 11.5. The average Bonchev–Trinajstić information content (AvgIpc) is 2.53. The molecular formula is C19H16O. The Morgan fingerprint density at radius 3 is 2.50 bits per heavy atom. The summed E-state index contributed by atoms with van der Waals surface area (Å²) in [5.74, 6) is 2.61. The number of para-hydroxylation sites is 1. The monoisotopic (exact) mass is 260 g/mol. The van der Waals surface area contributed by atoms with Gasteiger partial charge in [0.2, 0.25) is 0 Å². The molecule has 2 aromatic rings. The maximum Gasteiger partial charge on any atom is 0.130 e. The van der Waals surface area contributed by atoms with Crippen molar-refractivity contribution in [1.82, 2.24) is 0 Å². The average molecular weight is 260 g/mol. The van der Waals surface area contributed by atoms with Crippen LogP contribution in [0.15, 0.2) is 72.5 Å². The van der Waals surface area contributed by atoms with Gasteiger partial charge in [-0.2, -0.15) is 0 Å². The van der Waals surface area contributed by atoms with Gasteiger partial charge in [-0.1, -0.05) is 54.6 Å². The van der Waals surface area contributed by atoms with Crippen molar-refractivity contribution in [2.24, 2.45) is 5.92 Å². The lowest BCUT2D eigenvalue weighted by Crippen LogP contribution is -2.21. The van der Waals surface area contributed by atoms with Crippen LogP contribution in [-0.2, 0) is 6.42 Å². The fourth-order valence-electron chi connectivity index (χ4n) is 3.07. The first-order valence-corrected chi connectivity index (χ1v) is 7.12. The van der Waals surface area contributed by atoms with Crippen molar-refractivity contribution < 1.29 is 4.74 Å². The third-order valence-electron chi connectivity index (χ3n) is 4.13. The van der Waals surface area contributed by atoms with E-state index < -0.39 is 0 Å². The number of allylic oxidation sites excluding steroid dienone is 4. The fourth-order valence-corrected chi connectivity index (χ4v) is 3.07. The Bertz CT molecular complexity index is 695. The molecule has 0 amide bonds. The Balaban J connectivity index is 1.67. The SMILES string of the molecule is C1=C(c2ccccc2)CC2Cc3ccccc3OC2=C1. The molecule has 1 heterocycles. The van der Waals surface area contributed by atoms with Gasteiger partial charge >= 0.3 is 0 Å². The topological polar surface area (TPSA) is 9.23 Å². The highest BCUT2D eigenvalue weighted by Gasteiger charge is 2.27. The van der Waals surface area contributed by atoms with Crippen LogP contribution in [-0.4, -0.2) is 0 Å². The second-order valence-corrected chi connectivity index (χ2v) is 5.44. The molecule has 0 bridgehead atoms. The summed E-state index contributed by atoms with van der Waals surface area (Å²) in [5, 5.41) is 0. The van der Waals surface area contributed by atoms with Crippen molar-refractivity contribution in [2.45, 2.75) is 12.8 Å². The van der Waals surface area contributed by atoms with Crippen LogP contribution in [0.3, 0.4) is 0 Å². The molecule has 0 saturated carbocycles. The van der Waals surface area contributed by atoms with Crippen LogP contribution in [0.4, 0.5) is 0 Å². The summed E-state index contributed by atoms with van der Waals surface area (Å²) < 4.78 is 6.04. The lowest BCUT2D eigenvalue weighted by molar-refractivity contribution is 0.314. The molecule has 1 aliphatic carbocycles. The molecule has 0 aromatic heterocycles.